The summed E-state index contributed by atoms with van der Waals surface area (Å²) in [6.45, 7) is 2.24. The fourth-order valence-electron chi connectivity index (χ4n) is 3.44. The molecule has 34 heavy (non-hydrogen) atoms. The second-order valence-electron chi connectivity index (χ2n) is 8.40. The molecule has 1 aromatic carbocycles. The first-order valence-corrected chi connectivity index (χ1v) is 14.3. The van der Waals surface area contributed by atoms with Crippen molar-refractivity contribution in [1.29, 1.82) is 0 Å². The van der Waals surface area contributed by atoms with E-state index in [-0.39, 0.29) is 11.0 Å². The predicted octanol–water partition coefficient (Wildman–Crippen LogP) is 9.18. The summed E-state index contributed by atoms with van der Waals surface area (Å²) in [7, 11) is 0. The number of amides is 1. The molecule has 1 rings (SSSR count). The average Bonchev–Trinajstić information content (AvgIpc) is 2.75. The summed E-state index contributed by atoms with van der Waals surface area (Å²) < 4.78 is -1.80. The number of carbonyl (C=O) groups excluding carboxylic acids is 1. The summed E-state index contributed by atoms with van der Waals surface area (Å²) in [5, 5.41) is 9.47. The van der Waals surface area contributed by atoms with E-state index in [0.717, 1.165) is 19.3 Å². The van der Waals surface area contributed by atoms with Crippen molar-refractivity contribution >= 4 is 86.9 Å². The van der Waals surface area contributed by atoms with Crippen LogP contribution in [0.1, 0.15) is 90.4 Å². The zero-order valence-electron chi connectivity index (χ0n) is 19.7. The summed E-state index contributed by atoms with van der Waals surface area (Å²) in [5.41, 5.74) is 0.537. The Hall–Kier alpha value is -0.170. The van der Waals surface area contributed by atoms with E-state index in [9.17, 15) is 4.79 Å². The second kappa shape index (κ2) is 18.1. The van der Waals surface area contributed by atoms with Crippen LogP contribution in [0.5, 0.6) is 0 Å². The van der Waals surface area contributed by atoms with Crippen molar-refractivity contribution in [2.24, 2.45) is 0 Å². The summed E-state index contributed by atoms with van der Waals surface area (Å²) in [4.78, 5) is 12.4. The van der Waals surface area contributed by atoms with Gasteiger partial charge in [-0.2, -0.15) is 0 Å². The van der Waals surface area contributed by atoms with E-state index in [1.165, 1.54) is 57.8 Å². The van der Waals surface area contributed by atoms with E-state index in [2.05, 4.69) is 22.9 Å². The molecule has 1 aromatic rings. The Kier molecular flexibility index (Phi) is 17.0. The predicted molar refractivity (Wildman–Crippen MR) is 154 cm³/mol. The maximum Gasteiger partial charge on any atom is 0.228 e. The minimum absolute atomic E-state index is 0.145. The minimum Gasteiger partial charge on any atom is -0.339 e. The molecule has 0 aliphatic carbocycles. The van der Waals surface area contributed by atoms with Gasteiger partial charge in [0.1, 0.15) is 6.17 Å². The van der Waals surface area contributed by atoms with Crippen molar-refractivity contribution < 1.29 is 4.79 Å². The molecule has 1 atom stereocenters. The lowest BCUT2D eigenvalue weighted by atomic mass is 10.0. The van der Waals surface area contributed by atoms with Gasteiger partial charge in [0, 0.05) is 11.4 Å². The van der Waals surface area contributed by atoms with Crippen molar-refractivity contribution in [3.63, 3.8) is 0 Å². The van der Waals surface area contributed by atoms with E-state index in [4.69, 9.17) is 70.2 Å². The highest BCUT2D eigenvalue weighted by atomic mass is 35.6. The van der Waals surface area contributed by atoms with E-state index < -0.39 is 9.96 Å². The van der Waals surface area contributed by atoms with Crippen LogP contribution in [0.2, 0.25) is 10.0 Å². The topological polar surface area (TPSA) is 53.2 Å². The fraction of sp³-hybridized carbons (Fsp3) is 0.667. The Labute approximate surface area is 235 Å². The smallest absolute Gasteiger partial charge is 0.228 e. The largest absolute Gasteiger partial charge is 0.339 e. The van der Waals surface area contributed by atoms with E-state index in [0.29, 0.717) is 22.2 Å². The van der Waals surface area contributed by atoms with Crippen molar-refractivity contribution in [3.8, 4) is 0 Å². The summed E-state index contributed by atoms with van der Waals surface area (Å²) >= 11 is 35.5. The molecular weight excluding hydrogens is 556 g/mol. The van der Waals surface area contributed by atoms with Crippen LogP contribution in [0.15, 0.2) is 18.2 Å². The molecule has 1 amide bonds. The lowest BCUT2D eigenvalue weighted by Crippen LogP contribution is -2.56. The van der Waals surface area contributed by atoms with E-state index in [1.54, 1.807) is 18.2 Å². The zero-order valence-corrected chi connectivity index (χ0v) is 24.3. The van der Waals surface area contributed by atoms with Crippen LogP contribution in [0.4, 0.5) is 5.69 Å². The number of halogens is 5. The molecule has 4 nitrogen and oxygen atoms in total. The van der Waals surface area contributed by atoms with Crippen LogP contribution < -0.4 is 16.0 Å². The third-order valence-electron chi connectivity index (χ3n) is 5.34. The molecule has 0 heterocycles. The molecular formula is C24H36Cl5N3OS. The van der Waals surface area contributed by atoms with Crippen molar-refractivity contribution in [1.82, 2.24) is 10.6 Å². The monoisotopic (exact) mass is 589 g/mol. The van der Waals surface area contributed by atoms with Crippen LogP contribution in [0.25, 0.3) is 0 Å². The number of benzene rings is 1. The Morgan fingerprint density at radius 1 is 0.882 bits per heavy atom. The lowest BCUT2D eigenvalue weighted by molar-refractivity contribution is -0.122. The Balaban J connectivity index is 2.26. The van der Waals surface area contributed by atoms with Crippen molar-refractivity contribution in [2.45, 2.75) is 100 Å². The standard InChI is InChI=1S/C24H36Cl5N3OS/c1-2-3-4-5-6-7-8-9-10-11-12-13-14-21(33)31-22(24(27,28)29)32-23(34)30-20-16-15-18(25)17-19(20)26/h15-17,22H,2-14H2,1H3,(H,31,33)(H2,30,32,34). The first-order chi connectivity index (χ1) is 16.1. The number of alkyl halides is 3. The van der Waals surface area contributed by atoms with E-state index in [1.807, 2.05) is 0 Å². The number of nitrogens with one attached hydrogen (secondary N) is 3. The number of unbranched alkanes of at least 4 members (excludes halogenated alkanes) is 11. The van der Waals surface area contributed by atoms with Gasteiger partial charge >= 0.3 is 0 Å². The van der Waals surface area contributed by atoms with Gasteiger partial charge in [0.2, 0.25) is 9.70 Å². The average molecular weight is 592 g/mol. The van der Waals surface area contributed by atoms with Crippen LogP contribution in [-0.2, 0) is 4.79 Å². The van der Waals surface area contributed by atoms with E-state index >= 15 is 0 Å². The van der Waals surface area contributed by atoms with Crippen molar-refractivity contribution in [3.05, 3.63) is 28.2 Å². The third-order valence-corrected chi connectivity index (χ3v) is 6.77. The highest BCUT2D eigenvalue weighted by Gasteiger charge is 2.34. The molecule has 0 aromatic heterocycles. The van der Waals surface area contributed by atoms with Crippen LogP contribution in [-0.4, -0.2) is 21.0 Å². The quantitative estimate of drug-likeness (QED) is 0.0776. The molecule has 10 heteroatoms. The Morgan fingerprint density at radius 3 is 1.91 bits per heavy atom. The molecule has 194 valence electrons. The highest BCUT2D eigenvalue weighted by Crippen LogP contribution is 2.30. The summed E-state index contributed by atoms with van der Waals surface area (Å²) in [6, 6.07) is 4.92. The van der Waals surface area contributed by atoms with Gasteiger partial charge < -0.3 is 16.0 Å². The van der Waals surface area contributed by atoms with Gasteiger partial charge in [-0.25, -0.2) is 0 Å². The molecule has 0 saturated carbocycles. The minimum atomic E-state index is -1.80. The van der Waals surface area contributed by atoms with Crippen molar-refractivity contribution in [2.75, 3.05) is 5.32 Å². The fourth-order valence-corrected chi connectivity index (χ4v) is 4.45. The van der Waals surface area contributed by atoms with Crippen LogP contribution in [0.3, 0.4) is 0 Å². The molecule has 0 aliphatic heterocycles. The zero-order chi connectivity index (χ0) is 25.4. The first kappa shape index (κ1) is 31.9. The first-order valence-electron chi connectivity index (χ1n) is 12.0. The van der Waals surface area contributed by atoms with Gasteiger partial charge in [0.15, 0.2) is 5.11 Å². The number of thiocarbonyl (C=S) groups is 1. The number of hydrogen-bond acceptors (Lipinski definition) is 2. The van der Waals surface area contributed by atoms with Crippen LogP contribution >= 0.6 is 70.2 Å². The maximum atomic E-state index is 12.4. The van der Waals surface area contributed by atoms with Gasteiger partial charge in [0.05, 0.1) is 10.7 Å². The Bertz CT molecular complexity index is 746. The SMILES string of the molecule is CCCCCCCCCCCCCCC(=O)NC(NC(=S)Nc1ccc(Cl)cc1Cl)C(Cl)(Cl)Cl. The van der Waals surface area contributed by atoms with Gasteiger partial charge in [0.25, 0.3) is 0 Å². The number of carbonyl (C=O) groups is 1. The molecule has 3 N–H and O–H groups in total. The summed E-state index contributed by atoms with van der Waals surface area (Å²) in [6.07, 6.45) is 14.1. The molecule has 0 aliphatic rings. The lowest BCUT2D eigenvalue weighted by Gasteiger charge is -2.28. The normalized spacial score (nSPS) is 12.3. The van der Waals surface area contributed by atoms with Gasteiger partial charge in [-0.05, 0) is 36.8 Å². The Morgan fingerprint density at radius 2 is 1.41 bits per heavy atom. The summed E-state index contributed by atoms with van der Waals surface area (Å²) in [5.74, 6) is -0.205. The molecule has 0 radical (unpaired) electrons. The molecule has 0 spiro atoms. The maximum absolute atomic E-state index is 12.4. The third kappa shape index (κ3) is 15.1. The number of anilines is 1. The number of hydrogen-bond donors (Lipinski definition) is 3. The van der Waals surface area contributed by atoms with Crippen LogP contribution in [0, 0.1) is 0 Å². The van der Waals surface area contributed by atoms with Gasteiger partial charge in [-0.3, -0.25) is 4.79 Å². The molecule has 1 unspecified atom stereocenters. The second-order valence-corrected chi connectivity index (χ2v) is 12.0. The molecule has 0 saturated heterocycles. The molecule has 0 fully saturated rings. The van der Waals surface area contributed by atoms with Gasteiger partial charge in [-0.1, -0.05) is 136 Å². The highest BCUT2D eigenvalue weighted by molar-refractivity contribution is 7.80. The number of rotatable bonds is 16. The van der Waals surface area contributed by atoms with Gasteiger partial charge in [-0.15, -0.1) is 0 Å². The molecule has 0 bridgehead atoms.